The number of nitrogens with one attached hydrogen (secondary N) is 1. The third-order valence-electron chi connectivity index (χ3n) is 3.05. The number of hydrogen-bond donors (Lipinski definition) is 2. The zero-order valence-electron chi connectivity index (χ0n) is 10.6. The molecule has 1 aliphatic carbocycles. The Kier molecular flexibility index (Phi) is 4.15. The van der Waals surface area contributed by atoms with Crippen LogP contribution in [-0.4, -0.2) is 29.6 Å². The largest absolute Gasteiger partial charge is 0.397 e. The molecular formula is C13H19N3O2. The summed E-state index contributed by atoms with van der Waals surface area (Å²) in [6.07, 6.45) is 4.01. The normalized spacial score (nSPS) is 22.3. The van der Waals surface area contributed by atoms with E-state index >= 15 is 0 Å². The summed E-state index contributed by atoms with van der Waals surface area (Å²) in [7, 11) is 0. The van der Waals surface area contributed by atoms with Crippen LogP contribution in [0.5, 0.6) is 0 Å². The molecule has 1 aliphatic rings. The number of nitrogens with two attached hydrogens (primary N) is 1. The van der Waals surface area contributed by atoms with Crippen LogP contribution >= 0.6 is 0 Å². The van der Waals surface area contributed by atoms with Crippen LogP contribution in [0.3, 0.4) is 0 Å². The summed E-state index contributed by atoms with van der Waals surface area (Å²) in [5.41, 5.74) is 6.88. The highest BCUT2D eigenvalue weighted by Gasteiger charge is 2.30. The summed E-state index contributed by atoms with van der Waals surface area (Å²) >= 11 is 0. The Labute approximate surface area is 107 Å². The first kappa shape index (κ1) is 12.8. The minimum absolute atomic E-state index is 0.00669. The molecule has 5 nitrogen and oxygen atoms in total. The molecule has 0 aromatic carbocycles. The first-order valence-electron chi connectivity index (χ1n) is 6.28. The van der Waals surface area contributed by atoms with E-state index in [4.69, 9.17) is 10.5 Å². The van der Waals surface area contributed by atoms with Crippen LogP contribution in [0, 0.1) is 0 Å². The fourth-order valence-electron chi connectivity index (χ4n) is 2.04. The average Bonchev–Trinajstić information content (AvgIpc) is 2.29. The number of ether oxygens (including phenoxy) is 1. The van der Waals surface area contributed by atoms with E-state index in [-0.39, 0.29) is 11.9 Å². The summed E-state index contributed by atoms with van der Waals surface area (Å²) in [5, 5.41) is 2.98. The molecule has 0 aliphatic heterocycles. The summed E-state index contributed by atoms with van der Waals surface area (Å²) in [6, 6.07) is 3.78. The summed E-state index contributed by atoms with van der Waals surface area (Å²) in [4.78, 5) is 15.8. The minimum atomic E-state index is 0.00669. The molecular weight excluding hydrogens is 230 g/mol. The van der Waals surface area contributed by atoms with E-state index < -0.39 is 0 Å². The lowest BCUT2D eigenvalue weighted by atomic mass is 9.89. The highest BCUT2D eigenvalue weighted by Crippen LogP contribution is 2.23. The molecule has 1 heterocycles. The number of anilines is 1. The van der Waals surface area contributed by atoms with E-state index in [9.17, 15) is 4.79 Å². The predicted octanol–water partition coefficient (Wildman–Crippen LogP) is 0.890. The van der Waals surface area contributed by atoms with Gasteiger partial charge < -0.3 is 15.8 Å². The van der Waals surface area contributed by atoms with Crippen LogP contribution < -0.4 is 11.1 Å². The molecule has 1 saturated carbocycles. The lowest BCUT2D eigenvalue weighted by Gasteiger charge is -2.35. The van der Waals surface area contributed by atoms with Crippen LogP contribution in [0.1, 0.15) is 25.5 Å². The quantitative estimate of drug-likeness (QED) is 0.812. The minimum Gasteiger partial charge on any atom is -0.397 e. The molecule has 3 N–H and O–H groups in total. The van der Waals surface area contributed by atoms with Gasteiger partial charge in [-0.3, -0.25) is 9.78 Å². The molecule has 0 bridgehead atoms. The maximum atomic E-state index is 11.7. The Hall–Kier alpha value is -1.62. The fraction of sp³-hybridized carbons (Fsp3) is 0.538. The maximum Gasteiger partial charge on any atom is 0.226 e. The molecule has 0 radical (unpaired) electrons. The molecule has 1 aromatic rings. The molecule has 0 saturated heterocycles. The van der Waals surface area contributed by atoms with Crippen molar-refractivity contribution < 1.29 is 9.53 Å². The summed E-state index contributed by atoms with van der Waals surface area (Å²) in [5.74, 6) is 0.00669. The topological polar surface area (TPSA) is 77.2 Å². The summed E-state index contributed by atoms with van der Waals surface area (Å²) in [6.45, 7) is 2.72. The van der Waals surface area contributed by atoms with Crippen LogP contribution in [0.2, 0.25) is 0 Å². The first-order valence-corrected chi connectivity index (χ1v) is 6.28. The predicted molar refractivity (Wildman–Crippen MR) is 68.9 cm³/mol. The lowest BCUT2D eigenvalue weighted by Crippen LogP contribution is -2.48. The van der Waals surface area contributed by atoms with Crippen molar-refractivity contribution in [1.29, 1.82) is 0 Å². The van der Waals surface area contributed by atoms with Gasteiger partial charge in [0.2, 0.25) is 5.91 Å². The number of nitrogen functional groups attached to an aromatic ring is 1. The van der Waals surface area contributed by atoms with E-state index in [0.717, 1.165) is 25.1 Å². The standard InChI is InChI=1S/C13H19N3O2/c1-2-18-12-5-11(6-12)16-13(17)7-10-4-3-9(14)8-15-10/h3-4,8,11-12H,2,5-7,14H2,1H3,(H,16,17). The van der Waals surface area contributed by atoms with Crippen molar-refractivity contribution in [2.75, 3.05) is 12.3 Å². The zero-order valence-corrected chi connectivity index (χ0v) is 10.6. The number of rotatable bonds is 5. The van der Waals surface area contributed by atoms with Crippen molar-refractivity contribution in [2.24, 2.45) is 0 Å². The number of nitrogens with zero attached hydrogens (tertiary/aromatic N) is 1. The average molecular weight is 249 g/mol. The Morgan fingerprint density at radius 1 is 1.56 bits per heavy atom. The number of carbonyl (C=O) groups is 1. The van der Waals surface area contributed by atoms with E-state index in [1.165, 1.54) is 0 Å². The van der Waals surface area contributed by atoms with Gasteiger partial charge in [0.05, 0.1) is 24.4 Å². The molecule has 0 spiro atoms. The van der Waals surface area contributed by atoms with Crippen molar-refractivity contribution in [1.82, 2.24) is 10.3 Å². The van der Waals surface area contributed by atoms with Crippen LogP contribution in [0.15, 0.2) is 18.3 Å². The fourth-order valence-corrected chi connectivity index (χ4v) is 2.04. The first-order chi connectivity index (χ1) is 8.67. The third kappa shape index (κ3) is 3.43. The SMILES string of the molecule is CCOC1CC(NC(=O)Cc2ccc(N)cn2)C1. The van der Waals surface area contributed by atoms with Gasteiger partial charge in [-0.1, -0.05) is 0 Å². The summed E-state index contributed by atoms with van der Waals surface area (Å²) < 4.78 is 5.44. The monoisotopic (exact) mass is 249 g/mol. The Balaban J connectivity index is 1.72. The van der Waals surface area contributed by atoms with Crippen LogP contribution in [0.25, 0.3) is 0 Å². The van der Waals surface area contributed by atoms with Gasteiger partial charge in [-0.15, -0.1) is 0 Å². The van der Waals surface area contributed by atoms with Gasteiger partial charge in [-0.2, -0.15) is 0 Å². The number of carbonyl (C=O) groups excluding carboxylic acids is 1. The zero-order chi connectivity index (χ0) is 13.0. The van der Waals surface area contributed by atoms with E-state index in [1.54, 1.807) is 18.3 Å². The number of pyridine rings is 1. The van der Waals surface area contributed by atoms with Crippen LogP contribution in [0.4, 0.5) is 5.69 Å². The molecule has 0 atom stereocenters. The van der Waals surface area contributed by atoms with E-state index in [1.807, 2.05) is 6.92 Å². The molecule has 2 rings (SSSR count). The highest BCUT2D eigenvalue weighted by atomic mass is 16.5. The van der Waals surface area contributed by atoms with Gasteiger partial charge >= 0.3 is 0 Å². The second-order valence-corrected chi connectivity index (χ2v) is 4.57. The number of hydrogen-bond acceptors (Lipinski definition) is 4. The third-order valence-corrected chi connectivity index (χ3v) is 3.05. The molecule has 1 amide bonds. The van der Waals surface area contributed by atoms with Crippen molar-refractivity contribution in [3.05, 3.63) is 24.0 Å². The molecule has 18 heavy (non-hydrogen) atoms. The van der Waals surface area contributed by atoms with Crippen molar-refractivity contribution >= 4 is 11.6 Å². The van der Waals surface area contributed by atoms with Gasteiger partial charge in [0.15, 0.2) is 0 Å². The smallest absolute Gasteiger partial charge is 0.226 e. The van der Waals surface area contributed by atoms with Gasteiger partial charge in [-0.05, 0) is 31.9 Å². The Morgan fingerprint density at radius 2 is 2.33 bits per heavy atom. The Bertz CT molecular complexity index is 399. The number of amides is 1. The lowest BCUT2D eigenvalue weighted by molar-refractivity contribution is -0.123. The van der Waals surface area contributed by atoms with Gasteiger partial charge in [0.25, 0.3) is 0 Å². The Morgan fingerprint density at radius 3 is 2.94 bits per heavy atom. The highest BCUT2D eigenvalue weighted by molar-refractivity contribution is 5.78. The van der Waals surface area contributed by atoms with E-state index in [0.29, 0.717) is 18.2 Å². The second-order valence-electron chi connectivity index (χ2n) is 4.57. The van der Waals surface area contributed by atoms with Crippen molar-refractivity contribution in [3.63, 3.8) is 0 Å². The van der Waals surface area contributed by atoms with Crippen molar-refractivity contribution in [2.45, 2.75) is 38.3 Å². The number of aromatic nitrogens is 1. The van der Waals surface area contributed by atoms with Crippen LogP contribution in [-0.2, 0) is 16.0 Å². The molecule has 1 fully saturated rings. The van der Waals surface area contributed by atoms with Gasteiger partial charge in [-0.25, -0.2) is 0 Å². The second kappa shape index (κ2) is 5.82. The van der Waals surface area contributed by atoms with Crippen molar-refractivity contribution in [3.8, 4) is 0 Å². The molecule has 98 valence electrons. The van der Waals surface area contributed by atoms with Gasteiger partial charge in [0, 0.05) is 18.3 Å². The molecule has 5 heteroatoms. The maximum absolute atomic E-state index is 11.7. The van der Waals surface area contributed by atoms with Gasteiger partial charge in [0.1, 0.15) is 0 Å². The van der Waals surface area contributed by atoms with E-state index in [2.05, 4.69) is 10.3 Å². The molecule has 1 aromatic heterocycles. The molecule has 0 unspecified atom stereocenters.